The number of hydrogen-bond donors (Lipinski definition) is 2. The van der Waals surface area contributed by atoms with Crippen LogP contribution in [-0.2, 0) is 35.2 Å². The Kier molecular flexibility index (Phi) is 10.4. The Labute approximate surface area is 270 Å². The van der Waals surface area contributed by atoms with Gasteiger partial charge in [-0.25, -0.2) is 0 Å². The largest absolute Gasteiger partial charge is 0.455 e. The molecule has 46 heavy (non-hydrogen) atoms. The van der Waals surface area contributed by atoms with Gasteiger partial charge in [0.1, 0.15) is 17.7 Å². The van der Waals surface area contributed by atoms with Gasteiger partial charge >= 0.3 is 5.97 Å². The fraction of sp³-hybridized carbons (Fsp3) is 0.444. The number of allylic oxidation sites excluding steroid dienone is 1. The zero-order chi connectivity index (χ0) is 32.8. The van der Waals surface area contributed by atoms with Crippen molar-refractivity contribution in [2.75, 3.05) is 19.7 Å². The number of aliphatic hydroxyl groups excluding tert-OH is 1. The highest BCUT2D eigenvalue weighted by Crippen LogP contribution is 2.59. The van der Waals surface area contributed by atoms with Gasteiger partial charge in [-0.1, -0.05) is 72.8 Å². The first-order chi connectivity index (χ1) is 22.2. The van der Waals surface area contributed by atoms with Gasteiger partial charge in [0.2, 0.25) is 17.7 Å². The number of hydrogen-bond acceptors (Lipinski definition) is 7. The predicted molar refractivity (Wildman–Crippen MR) is 171 cm³/mol. The Balaban J connectivity index is 1.43. The monoisotopic (exact) mass is 629 g/mol. The summed E-state index contributed by atoms with van der Waals surface area (Å²) in [7, 11) is 0. The molecule has 3 aliphatic rings. The summed E-state index contributed by atoms with van der Waals surface area (Å²) >= 11 is 0. The molecule has 1 spiro atoms. The minimum absolute atomic E-state index is 0.0725. The van der Waals surface area contributed by atoms with Gasteiger partial charge < -0.3 is 29.7 Å². The van der Waals surface area contributed by atoms with Crippen LogP contribution in [0.3, 0.4) is 0 Å². The standard InChI is InChI=1S/C36H43N3O7/c1-4-6-17-28(41)37-24(3)31(26-15-11-8-12-16-26)45-35(44)29-27-18-19-36(46-27)30(29)33(42)39(21-22-40)32(36)34(43)38(20-5-2)23-25-13-9-7-10-14-25/h4-5,7-16,24,27,29-32,40H,1-2,6,17-23H2,3H3,(H,37,41)/t24-,27-,29+,30+,31-,32-,36+/m1/s1. The number of fused-ring (bicyclic) bond motifs is 1. The molecule has 2 aromatic carbocycles. The second kappa shape index (κ2) is 14.4. The lowest BCUT2D eigenvalue weighted by Gasteiger charge is -2.36. The third kappa shape index (κ3) is 6.37. The SMILES string of the molecule is C=CCCC(=O)N[C@H](C)[C@@H](OC(=O)[C@@H]1[C@H]2C(=O)N(CCO)[C@H](C(=O)N(CC=C)Cc3ccccc3)[C@]23CC[C@H]1O3)c1ccccc1. The van der Waals surface area contributed by atoms with Crippen LogP contribution in [0.4, 0.5) is 0 Å². The summed E-state index contributed by atoms with van der Waals surface area (Å²) in [6.45, 7) is 9.39. The number of ether oxygens (including phenoxy) is 2. The van der Waals surface area contributed by atoms with Crippen LogP contribution in [0.15, 0.2) is 86.0 Å². The third-order valence-corrected chi connectivity index (χ3v) is 9.31. The summed E-state index contributed by atoms with van der Waals surface area (Å²) in [6, 6.07) is 17.1. The molecular formula is C36H43N3O7. The molecule has 3 heterocycles. The molecule has 10 heteroatoms. The van der Waals surface area contributed by atoms with Crippen molar-refractivity contribution in [1.29, 1.82) is 0 Å². The number of rotatable bonds is 15. The van der Waals surface area contributed by atoms with Crippen LogP contribution in [0.25, 0.3) is 0 Å². The number of likely N-dealkylation sites (tertiary alicyclic amines) is 1. The summed E-state index contributed by atoms with van der Waals surface area (Å²) in [5.74, 6) is -3.43. The molecule has 3 amide bonds. The molecule has 2 N–H and O–H groups in total. The number of benzene rings is 2. The molecule has 244 valence electrons. The summed E-state index contributed by atoms with van der Waals surface area (Å²) in [4.78, 5) is 58.2. The quantitative estimate of drug-likeness (QED) is 0.229. The van der Waals surface area contributed by atoms with E-state index in [0.29, 0.717) is 31.4 Å². The van der Waals surface area contributed by atoms with Crippen LogP contribution in [0, 0.1) is 11.8 Å². The summed E-state index contributed by atoms with van der Waals surface area (Å²) in [5.41, 5.74) is 0.376. The average Bonchev–Trinajstić information content (AvgIpc) is 3.70. The van der Waals surface area contributed by atoms with E-state index in [1.54, 1.807) is 24.0 Å². The highest BCUT2D eigenvalue weighted by molar-refractivity contribution is 5.98. The van der Waals surface area contributed by atoms with E-state index in [2.05, 4.69) is 18.5 Å². The maximum atomic E-state index is 14.4. The Morgan fingerprint density at radius 1 is 1.13 bits per heavy atom. The van der Waals surface area contributed by atoms with Crippen LogP contribution in [-0.4, -0.2) is 82.1 Å². The second-order valence-corrected chi connectivity index (χ2v) is 12.3. The number of carbonyl (C=O) groups excluding carboxylic acids is 4. The molecule has 0 aromatic heterocycles. The summed E-state index contributed by atoms with van der Waals surface area (Å²) < 4.78 is 12.7. The fourth-order valence-electron chi connectivity index (χ4n) is 7.35. The molecule has 0 aliphatic carbocycles. The lowest BCUT2D eigenvalue weighted by atomic mass is 9.70. The van der Waals surface area contributed by atoms with Gasteiger partial charge in [0.15, 0.2) is 0 Å². The van der Waals surface area contributed by atoms with E-state index in [1.165, 1.54) is 4.90 Å². The normalized spacial score (nSPS) is 25.8. The van der Waals surface area contributed by atoms with Gasteiger partial charge in [-0.2, -0.15) is 0 Å². The molecule has 2 aromatic rings. The van der Waals surface area contributed by atoms with Gasteiger partial charge in [-0.3, -0.25) is 19.2 Å². The van der Waals surface area contributed by atoms with Crippen LogP contribution in [0.2, 0.25) is 0 Å². The summed E-state index contributed by atoms with van der Waals surface area (Å²) in [5, 5.41) is 12.9. The lowest BCUT2D eigenvalue weighted by molar-refractivity contribution is -0.162. The number of nitrogens with zero attached hydrogens (tertiary/aromatic N) is 2. The van der Waals surface area contributed by atoms with Crippen molar-refractivity contribution in [2.24, 2.45) is 11.8 Å². The topological polar surface area (TPSA) is 125 Å². The maximum absolute atomic E-state index is 14.4. The zero-order valence-corrected chi connectivity index (χ0v) is 26.3. The highest BCUT2D eigenvalue weighted by atomic mass is 16.6. The Hall–Kier alpha value is -4.28. The molecule has 5 rings (SSSR count). The number of aliphatic hydroxyl groups is 1. The molecule has 0 unspecified atom stereocenters. The van der Waals surface area contributed by atoms with Gasteiger partial charge in [-0.15, -0.1) is 13.2 Å². The lowest BCUT2D eigenvalue weighted by Crippen LogP contribution is -2.56. The van der Waals surface area contributed by atoms with E-state index >= 15 is 0 Å². The summed E-state index contributed by atoms with van der Waals surface area (Å²) in [6.07, 6.45) is 3.53. The maximum Gasteiger partial charge on any atom is 0.313 e. The first kappa shape index (κ1) is 33.1. The van der Waals surface area contributed by atoms with E-state index in [-0.39, 0.29) is 37.9 Å². The van der Waals surface area contributed by atoms with Gasteiger partial charge in [0.05, 0.1) is 30.6 Å². The van der Waals surface area contributed by atoms with Crippen molar-refractivity contribution < 1.29 is 33.8 Å². The molecule has 2 bridgehead atoms. The molecule has 3 saturated heterocycles. The van der Waals surface area contributed by atoms with Crippen molar-refractivity contribution in [3.8, 4) is 0 Å². The Morgan fingerprint density at radius 2 is 1.83 bits per heavy atom. The Morgan fingerprint density at radius 3 is 2.48 bits per heavy atom. The molecule has 3 aliphatic heterocycles. The average molecular weight is 630 g/mol. The van der Waals surface area contributed by atoms with Crippen molar-refractivity contribution in [2.45, 2.75) is 69.0 Å². The zero-order valence-electron chi connectivity index (χ0n) is 26.3. The minimum atomic E-state index is -1.24. The van der Waals surface area contributed by atoms with Crippen LogP contribution >= 0.6 is 0 Å². The first-order valence-corrected chi connectivity index (χ1v) is 15.9. The minimum Gasteiger partial charge on any atom is -0.455 e. The van der Waals surface area contributed by atoms with E-state index < -0.39 is 53.6 Å². The number of esters is 1. The number of β-amino-alcohol motifs (C(OH)–C–C–N with tert-alkyl or cyclic N) is 1. The van der Waals surface area contributed by atoms with Crippen molar-refractivity contribution in [3.05, 3.63) is 97.1 Å². The van der Waals surface area contributed by atoms with Crippen molar-refractivity contribution in [1.82, 2.24) is 15.1 Å². The molecule has 10 nitrogen and oxygen atoms in total. The number of amides is 3. The van der Waals surface area contributed by atoms with Crippen LogP contribution in [0.1, 0.15) is 49.8 Å². The van der Waals surface area contributed by atoms with Crippen molar-refractivity contribution in [3.63, 3.8) is 0 Å². The first-order valence-electron chi connectivity index (χ1n) is 15.9. The molecule has 7 atom stereocenters. The molecular weight excluding hydrogens is 586 g/mol. The smallest absolute Gasteiger partial charge is 0.313 e. The van der Waals surface area contributed by atoms with E-state index in [0.717, 1.165) is 5.56 Å². The Bertz CT molecular complexity index is 1430. The number of carbonyl (C=O) groups is 4. The van der Waals surface area contributed by atoms with Gasteiger partial charge in [-0.05, 0) is 37.3 Å². The van der Waals surface area contributed by atoms with E-state index in [9.17, 15) is 24.3 Å². The second-order valence-electron chi connectivity index (χ2n) is 12.3. The van der Waals surface area contributed by atoms with Crippen molar-refractivity contribution >= 4 is 23.7 Å². The third-order valence-electron chi connectivity index (χ3n) is 9.31. The molecule has 0 radical (unpaired) electrons. The molecule has 0 saturated carbocycles. The van der Waals surface area contributed by atoms with Gasteiger partial charge in [0, 0.05) is 26.1 Å². The van der Waals surface area contributed by atoms with E-state index in [4.69, 9.17) is 9.47 Å². The predicted octanol–water partition coefficient (Wildman–Crippen LogP) is 3.32. The van der Waals surface area contributed by atoms with Crippen LogP contribution < -0.4 is 5.32 Å². The van der Waals surface area contributed by atoms with Crippen LogP contribution in [0.5, 0.6) is 0 Å². The van der Waals surface area contributed by atoms with Gasteiger partial charge in [0.25, 0.3) is 0 Å². The highest BCUT2D eigenvalue weighted by Gasteiger charge is 2.75. The fourth-order valence-corrected chi connectivity index (χ4v) is 7.35. The molecule has 3 fully saturated rings. The van der Waals surface area contributed by atoms with E-state index in [1.807, 2.05) is 60.7 Å². The number of nitrogens with one attached hydrogen (secondary N) is 1.